The Kier molecular flexibility index (Phi) is 3.58. The Morgan fingerprint density at radius 1 is 1.24 bits per heavy atom. The molecule has 0 aliphatic heterocycles. The topological polar surface area (TPSA) is 55.1 Å². The highest BCUT2D eigenvalue weighted by atomic mass is 79.9. The summed E-state index contributed by atoms with van der Waals surface area (Å²) >= 11 is 3.52. The molecule has 0 fully saturated rings. The number of aromatic nitrogens is 2. The molecule has 1 heterocycles. The smallest absolute Gasteiger partial charge is 0.328 e. The van der Waals surface area contributed by atoms with Gasteiger partial charge in [-0.3, -0.25) is 0 Å². The first kappa shape index (κ1) is 13.6. The van der Waals surface area contributed by atoms with E-state index in [1.165, 1.54) is 0 Å². The number of carboxylic acids is 1. The van der Waals surface area contributed by atoms with Gasteiger partial charge in [0.2, 0.25) is 0 Å². The molecule has 3 aromatic rings. The molecule has 0 bridgehead atoms. The Morgan fingerprint density at radius 3 is 2.81 bits per heavy atom. The zero-order valence-corrected chi connectivity index (χ0v) is 12.5. The van der Waals surface area contributed by atoms with E-state index in [0.717, 1.165) is 32.7 Å². The molecule has 0 saturated carbocycles. The Balaban J connectivity index is 2.05. The van der Waals surface area contributed by atoms with Gasteiger partial charge in [-0.2, -0.15) is 5.10 Å². The van der Waals surface area contributed by atoms with Gasteiger partial charge in [0.15, 0.2) is 0 Å². The summed E-state index contributed by atoms with van der Waals surface area (Å²) in [6, 6.07) is 13.6. The Morgan fingerprint density at radius 2 is 2.05 bits per heavy atom. The lowest BCUT2D eigenvalue weighted by Crippen LogP contribution is -1.97. The van der Waals surface area contributed by atoms with Crippen molar-refractivity contribution in [1.29, 1.82) is 0 Å². The monoisotopic (exact) mass is 342 g/mol. The molecule has 2 aromatic carbocycles. The molecule has 0 unspecified atom stereocenters. The largest absolute Gasteiger partial charge is 0.478 e. The van der Waals surface area contributed by atoms with Crippen molar-refractivity contribution >= 4 is 38.9 Å². The van der Waals surface area contributed by atoms with Gasteiger partial charge in [0, 0.05) is 15.9 Å². The summed E-state index contributed by atoms with van der Waals surface area (Å²) in [5.41, 5.74) is 2.74. The van der Waals surface area contributed by atoms with Crippen molar-refractivity contribution < 1.29 is 9.90 Å². The summed E-state index contributed by atoms with van der Waals surface area (Å²) in [6.07, 6.45) is 4.49. The Hall–Kier alpha value is -2.40. The van der Waals surface area contributed by atoms with Gasteiger partial charge in [-0.25, -0.2) is 9.48 Å². The summed E-state index contributed by atoms with van der Waals surface area (Å²) in [7, 11) is 0. The number of carbonyl (C=O) groups is 1. The molecule has 0 aliphatic carbocycles. The molecule has 0 atom stereocenters. The molecule has 104 valence electrons. The van der Waals surface area contributed by atoms with E-state index in [-0.39, 0.29) is 0 Å². The minimum atomic E-state index is -0.965. The van der Waals surface area contributed by atoms with Gasteiger partial charge in [0.1, 0.15) is 0 Å². The van der Waals surface area contributed by atoms with Crippen LogP contribution >= 0.6 is 15.9 Å². The van der Waals surface area contributed by atoms with Crippen molar-refractivity contribution in [2.45, 2.75) is 0 Å². The number of carboxylic acid groups (broad SMARTS) is 1. The predicted molar refractivity (Wildman–Crippen MR) is 85.4 cm³/mol. The van der Waals surface area contributed by atoms with Crippen LogP contribution in [0.25, 0.3) is 22.7 Å². The highest BCUT2D eigenvalue weighted by Crippen LogP contribution is 2.26. The van der Waals surface area contributed by atoms with Gasteiger partial charge in [-0.15, -0.1) is 0 Å². The number of hydrogen-bond donors (Lipinski definition) is 1. The summed E-state index contributed by atoms with van der Waals surface area (Å²) in [4.78, 5) is 10.5. The first-order valence-electron chi connectivity index (χ1n) is 6.29. The fraction of sp³-hybridized carbons (Fsp3) is 0. The Labute approximate surface area is 129 Å². The zero-order valence-electron chi connectivity index (χ0n) is 10.9. The summed E-state index contributed by atoms with van der Waals surface area (Å²) in [5, 5.41) is 14.1. The zero-order chi connectivity index (χ0) is 14.8. The summed E-state index contributed by atoms with van der Waals surface area (Å²) in [5.74, 6) is -0.965. The maximum absolute atomic E-state index is 10.5. The quantitative estimate of drug-likeness (QED) is 0.734. The third kappa shape index (κ3) is 2.73. The lowest BCUT2D eigenvalue weighted by atomic mass is 10.2. The van der Waals surface area contributed by atoms with Crippen molar-refractivity contribution in [1.82, 2.24) is 9.78 Å². The van der Waals surface area contributed by atoms with Crippen LogP contribution in [0.1, 0.15) is 5.56 Å². The number of para-hydroxylation sites is 1. The molecule has 4 nitrogen and oxygen atoms in total. The lowest BCUT2D eigenvalue weighted by Gasteiger charge is -2.07. The van der Waals surface area contributed by atoms with Crippen LogP contribution in [0.5, 0.6) is 0 Å². The number of aliphatic carboxylic acids is 1. The van der Waals surface area contributed by atoms with Crippen LogP contribution in [0, 0.1) is 0 Å². The maximum atomic E-state index is 10.5. The van der Waals surface area contributed by atoms with Gasteiger partial charge in [-0.05, 0) is 45.8 Å². The van der Waals surface area contributed by atoms with E-state index in [1.807, 2.05) is 53.3 Å². The van der Waals surface area contributed by atoms with E-state index in [9.17, 15) is 4.79 Å². The van der Waals surface area contributed by atoms with E-state index in [1.54, 1.807) is 6.08 Å². The van der Waals surface area contributed by atoms with Crippen LogP contribution in [-0.4, -0.2) is 20.9 Å². The average Bonchev–Trinajstić information content (AvgIpc) is 2.89. The van der Waals surface area contributed by atoms with Crippen LogP contribution in [-0.2, 0) is 4.79 Å². The molecular formula is C16H11BrN2O2. The molecule has 3 rings (SSSR count). The predicted octanol–water partition coefficient (Wildman–Crippen LogP) is 3.89. The third-order valence-electron chi connectivity index (χ3n) is 3.10. The number of benzene rings is 2. The molecule has 5 heteroatoms. The van der Waals surface area contributed by atoms with Crippen LogP contribution in [0.4, 0.5) is 0 Å². The van der Waals surface area contributed by atoms with Gasteiger partial charge < -0.3 is 5.11 Å². The van der Waals surface area contributed by atoms with Crippen LogP contribution < -0.4 is 0 Å². The summed E-state index contributed by atoms with van der Waals surface area (Å²) < 4.78 is 2.70. The molecule has 1 N–H and O–H groups in total. The van der Waals surface area contributed by atoms with Crippen molar-refractivity contribution in [3.63, 3.8) is 0 Å². The minimum absolute atomic E-state index is 0.810. The van der Waals surface area contributed by atoms with E-state index >= 15 is 0 Å². The second kappa shape index (κ2) is 5.54. The van der Waals surface area contributed by atoms with Gasteiger partial charge >= 0.3 is 5.97 Å². The van der Waals surface area contributed by atoms with Crippen molar-refractivity contribution in [2.75, 3.05) is 0 Å². The number of fused-ring (bicyclic) bond motifs is 1. The standard InChI is InChI=1S/C16H11BrN2O2/c17-13-9-11(6-8-16(20)21)5-7-15(13)19-14-4-2-1-3-12(14)10-18-19/h1-10H,(H,20,21)/b8-6+. The molecule has 0 saturated heterocycles. The van der Waals surface area contributed by atoms with Crippen LogP contribution in [0.15, 0.2) is 59.2 Å². The summed E-state index contributed by atoms with van der Waals surface area (Å²) in [6.45, 7) is 0. The number of hydrogen-bond acceptors (Lipinski definition) is 2. The first-order valence-corrected chi connectivity index (χ1v) is 7.08. The number of halogens is 1. The van der Waals surface area contributed by atoms with Gasteiger partial charge in [-0.1, -0.05) is 24.3 Å². The molecule has 0 spiro atoms. The second-order valence-corrected chi connectivity index (χ2v) is 5.35. The van der Waals surface area contributed by atoms with Crippen molar-refractivity contribution in [3.05, 3.63) is 64.8 Å². The molecule has 0 amide bonds. The minimum Gasteiger partial charge on any atom is -0.478 e. The van der Waals surface area contributed by atoms with Gasteiger partial charge in [0.05, 0.1) is 17.4 Å². The van der Waals surface area contributed by atoms with Gasteiger partial charge in [0.25, 0.3) is 0 Å². The molecule has 1 aromatic heterocycles. The fourth-order valence-electron chi connectivity index (χ4n) is 2.13. The molecular weight excluding hydrogens is 332 g/mol. The first-order chi connectivity index (χ1) is 10.1. The van der Waals surface area contributed by atoms with E-state index < -0.39 is 5.97 Å². The lowest BCUT2D eigenvalue weighted by molar-refractivity contribution is -0.131. The molecule has 0 aliphatic rings. The average molecular weight is 343 g/mol. The van der Waals surface area contributed by atoms with E-state index in [4.69, 9.17) is 5.11 Å². The normalized spacial score (nSPS) is 11.3. The van der Waals surface area contributed by atoms with E-state index in [2.05, 4.69) is 21.0 Å². The highest BCUT2D eigenvalue weighted by molar-refractivity contribution is 9.10. The Bertz CT molecular complexity index is 852. The second-order valence-electron chi connectivity index (χ2n) is 4.50. The SMILES string of the molecule is O=C(O)/C=C/c1ccc(-n2ncc3ccccc32)c(Br)c1. The fourth-order valence-corrected chi connectivity index (χ4v) is 2.69. The number of rotatable bonds is 3. The van der Waals surface area contributed by atoms with Crippen molar-refractivity contribution in [3.8, 4) is 5.69 Å². The molecule has 21 heavy (non-hydrogen) atoms. The van der Waals surface area contributed by atoms with Crippen LogP contribution in [0.2, 0.25) is 0 Å². The van der Waals surface area contributed by atoms with Crippen LogP contribution in [0.3, 0.4) is 0 Å². The maximum Gasteiger partial charge on any atom is 0.328 e. The molecule has 0 radical (unpaired) electrons. The number of nitrogens with zero attached hydrogens (tertiary/aromatic N) is 2. The highest BCUT2D eigenvalue weighted by Gasteiger charge is 2.07. The van der Waals surface area contributed by atoms with Crippen molar-refractivity contribution in [2.24, 2.45) is 0 Å². The third-order valence-corrected chi connectivity index (χ3v) is 3.73. The van der Waals surface area contributed by atoms with E-state index in [0.29, 0.717) is 0 Å².